The van der Waals surface area contributed by atoms with Crippen molar-refractivity contribution in [1.82, 2.24) is 15.0 Å². The minimum absolute atomic E-state index is 0.652. The lowest BCUT2D eigenvalue weighted by Crippen LogP contribution is -2.47. The Morgan fingerprint density at radius 1 is 1.09 bits per heavy atom. The van der Waals surface area contributed by atoms with Gasteiger partial charge in [0.05, 0.1) is 6.61 Å². The second kappa shape index (κ2) is 6.60. The van der Waals surface area contributed by atoms with Crippen LogP contribution < -0.4 is 14.5 Å². The lowest BCUT2D eigenvalue weighted by molar-refractivity contribution is 0.338. The Balaban J connectivity index is 1.69. The highest BCUT2D eigenvalue weighted by Crippen LogP contribution is 2.26. The van der Waals surface area contributed by atoms with Crippen LogP contribution >= 0.6 is 0 Å². The van der Waals surface area contributed by atoms with Crippen molar-refractivity contribution in [2.45, 2.75) is 13.8 Å². The van der Waals surface area contributed by atoms with E-state index in [1.807, 2.05) is 38.2 Å². The number of nitrogens with zero attached hydrogens (tertiary/aromatic N) is 5. The molecule has 0 aliphatic carbocycles. The van der Waals surface area contributed by atoms with E-state index in [1.54, 1.807) is 6.33 Å². The van der Waals surface area contributed by atoms with E-state index in [4.69, 9.17) is 4.74 Å². The molecule has 22 heavy (non-hydrogen) atoms. The summed E-state index contributed by atoms with van der Waals surface area (Å²) < 4.78 is 5.68. The molecule has 0 spiro atoms. The van der Waals surface area contributed by atoms with Crippen LogP contribution in [0.4, 0.5) is 11.6 Å². The van der Waals surface area contributed by atoms with Gasteiger partial charge in [0, 0.05) is 44.1 Å². The Bertz CT molecular complexity index is 625. The summed E-state index contributed by atoms with van der Waals surface area (Å²) in [5.74, 6) is 2.79. The van der Waals surface area contributed by atoms with Crippen molar-refractivity contribution in [2.24, 2.45) is 0 Å². The smallest absolute Gasteiger partial charge is 0.171 e. The van der Waals surface area contributed by atoms with E-state index in [0.29, 0.717) is 6.61 Å². The van der Waals surface area contributed by atoms with Crippen LogP contribution in [0.3, 0.4) is 0 Å². The van der Waals surface area contributed by atoms with Crippen molar-refractivity contribution in [3.63, 3.8) is 0 Å². The van der Waals surface area contributed by atoms with Gasteiger partial charge in [-0.1, -0.05) is 0 Å². The summed E-state index contributed by atoms with van der Waals surface area (Å²) in [7, 11) is 0. The van der Waals surface area contributed by atoms with Crippen LogP contribution in [0.1, 0.15) is 12.6 Å². The van der Waals surface area contributed by atoms with Gasteiger partial charge in [-0.15, -0.1) is 0 Å². The zero-order valence-corrected chi connectivity index (χ0v) is 13.1. The molecule has 3 rings (SSSR count). The fourth-order valence-corrected chi connectivity index (χ4v) is 2.65. The van der Waals surface area contributed by atoms with Gasteiger partial charge in [-0.3, -0.25) is 0 Å². The van der Waals surface area contributed by atoms with E-state index < -0.39 is 0 Å². The van der Waals surface area contributed by atoms with Gasteiger partial charge >= 0.3 is 0 Å². The standard InChI is InChI=1S/C16H21N5O/c1-3-22-14-5-4-6-17-16(14)21-9-7-20(8-10-21)15-11-13(2)18-12-19-15/h4-6,11-12H,3,7-10H2,1-2H3. The van der Waals surface area contributed by atoms with Crippen LogP contribution in [-0.4, -0.2) is 47.7 Å². The SMILES string of the molecule is CCOc1cccnc1N1CCN(c2cc(C)ncn2)CC1. The van der Waals surface area contributed by atoms with Crippen LogP contribution in [0.5, 0.6) is 5.75 Å². The van der Waals surface area contributed by atoms with Crippen molar-refractivity contribution in [3.05, 3.63) is 36.4 Å². The fourth-order valence-electron chi connectivity index (χ4n) is 2.65. The predicted molar refractivity (Wildman–Crippen MR) is 86.6 cm³/mol. The van der Waals surface area contributed by atoms with E-state index in [-0.39, 0.29) is 0 Å². The molecule has 0 aromatic carbocycles. The van der Waals surface area contributed by atoms with Crippen LogP contribution in [0.2, 0.25) is 0 Å². The molecule has 0 N–H and O–H groups in total. The first-order chi connectivity index (χ1) is 10.8. The van der Waals surface area contributed by atoms with Crippen LogP contribution in [0, 0.1) is 6.92 Å². The maximum atomic E-state index is 5.68. The van der Waals surface area contributed by atoms with Crippen LogP contribution in [-0.2, 0) is 0 Å². The molecule has 6 heteroatoms. The number of hydrogen-bond acceptors (Lipinski definition) is 6. The molecule has 0 saturated carbocycles. The van der Waals surface area contributed by atoms with Crippen molar-refractivity contribution in [2.75, 3.05) is 42.6 Å². The summed E-state index contributed by atoms with van der Waals surface area (Å²) in [6, 6.07) is 5.92. The number of pyridine rings is 1. The average molecular weight is 299 g/mol. The van der Waals surface area contributed by atoms with Crippen LogP contribution in [0.25, 0.3) is 0 Å². The third-order valence-corrected chi connectivity index (χ3v) is 3.74. The number of aromatic nitrogens is 3. The van der Waals surface area contributed by atoms with Gasteiger partial charge in [-0.05, 0) is 26.0 Å². The normalized spacial score (nSPS) is 15.0. The van der Waals surface area contributed by atoms with E-state index in [1.165, 1.54) is 0 Å². The van der Waals surface area contributed by atoms with Gasteiger partial charge in [-0.25, -0.2) is 15.0 Å². The molecular weight excluding hydrogens is 278 g/mol. The Hall–Kier alpha value is -2.37. The Morgan fingerprint density at radius 2 is 1.86 bits per heavy atom. The Kier molecular flexibility index (Phi) is 4.37. The lowest BCUT2D eigenvalue weighted by atomic mass is 10.3. The number of piperazine rings is 1. The van der Waals surface area contributed by atoms with Crippen molar-refractivity contribution >= 4 is 11.6 Å². The number of hydrogen-bond donors (Lipinski definition) is 0. The topological polar surface area (TPSA) is 54.4 Å². The summed E-state index contributed by atoms with van der Waals surface area (Å²) in [4.78, 5) is 17.6. The molecule has 1 fully saturated rings. The monoisotopic (exact) mass is 299 g/mol. The predicted octanol–water partition coefficient (Wildman–Crippen LogP) is 1.91. The zero-order valence-electron chi connectivity index (χ0n) is 13.1. The molecule has 0 unspecified atom stereocenters. The first-order valence-electron chi connectivity index (χ1n) is 7.64. The number of anilines is 2. The first kappa shape index (κ1) is 14.6. The van der Waals surface area contributed by atoms with E-state index in [9.17, 15) is 0 Å². The highest BCUT2D eigenvalue weighted by atomic mass is 16.5. The van der Waals surface area contributed by atoms with Crippen molar-refractivity contribution in [1.29, 1.82) is 0 Å². The molecule has 3 heterocycles. The Labute approximate surface area is 130 Å². The van der Waals surface area contributed by atoms with Crippen molar-refractivity contribution < 1.29 is 4.74 Å². The van der Waals surface area contributed by atoms with Gasteiger partial charge in [0.2, 0.25) is 0 Å². The molecule has 2 aromatic heterocycles. The molecule has 0 bridgehead atoms. The van der Waals surface area contributed by atoms with E-state index in [2.05, 4.69) is 24.8 Å². The molecule has 1 saturated heterocycles. The first-order valence-corrected chi connectivity index (χ1v) is 7.64. The number of aryl methyl sites for hydroxylation is 1. The highest BCUT2D eigenvalue weighted by molar-refractivity contribution is 5.53. The fraction of sp³-hybridized carbons (Fsp3) is 0.438. The second-order valence-electron chi connectivity index (χ2n) is 5.25. The van der Waals surface area contributed by atoms with Gasteiger partial charge in [0.1, 0.15) is 12.1 Å². The molecule has 1 aliphatic rings. The van der Waals surface area contributed by atoms with Crippen molar-refractivity contribution in [3.8, 4) is 5.75 Å². The highest BCUT2D eigenvalue weighted by Gasteiger charge is 2.21. The molecule has 6 nitrogen and oxygen atoms in total. The minimum Gasteiger partial charge on any atom is -0.490 e. The molecule has 0 amide bonds. The largest absolute Gasteiger partial charge is 0.490 e. The molecule has 0 radical (unpaired) electrons. The average Bonchev–Trinajstić information content (AvgIpc) is 2.56. The third kappa shape index (κ3) is 3.10. The molecule has 0 atom stereocenters. The van der Waals surface area contributed by atoms with Gasteiger partial charge in [0.15, 0.2) is 11.6 Å². The summed E-state index contributed by atoms with van der Waals surface area (Å²) in [6.07, 6.45) is 3.45. The van der Waals surface area contributed by atoms with E-state index in [0.717, 1.165) is 49.3 Å². The van der Waals surface area contributed by atoms with E-state index >= 15 is 0 Å². The summed E-state index contributed by atoms with van der Waals surface area (Å²) in [5, 5.41) is 0. The lowest BCUT2D eigenvalue weighted by Gasteiger charge is -2.36. The number of rotatable bonds is 4. The molecule has 116 valence electrons. The second-order valence-corrected chi connectivity index (χ2v) is 5.25. The molecule has 2 aromatic rings. The summed E-state index contributed by atoms with van der Waals surface area (Å²) in [5.41, 5.74) is 0.996. The molecule has 1 aliphatic heterocycles. The van der Waals surface area contributed by atoms with Gasteiger partial charge in [-0.2, -0.15) is 0 Å². The van der Waals surface area contributed by atoms with Gasteiger partial charge < -0.3 is 14.5 Å². The Morgan fingerprint density at radius 3 is 2.59 bits per heavy atom. The third-order valence-electron chi connectivity index (χ3n) is 3.74. The maximum Gasteiger partial charge on any atom is 0.171 e. The quantitative estimate of drug-likeness (QED) is 0.859. The maximum absolute atomic E-state index is 5.68. The number of ether oxygens (including phenoxy) is 1. The van der Waals surface area contributed by atoms with Gasteiger partial charge in [0.25, 0.3) is 0 Å². The minimum atomic E-state index is 0.652. The zero-order chi connectivity index (χ0) is 15.4. The molecular formula is C16H21N5O. The summed E-state index contributed by atoms with van der Waals surface area (Å²) >= 11 is 0. The summed E-state index contributed by atoms with van der Waals surface area (Å²) in [6.45, 7) is 8.27. The van der Waals surface area contributed by atoms with Crippen LogP contribution in [0.15, 0.2) is 30.7 Å².